The van der Waals surface area contributed by atoms with Crippen LogP contribution in [0.1, 0.15) is 57.2 Å². The second-order valence-corrected chi connectivity index (χ2v) is 8.48. The minimum Gasteiger partial charge on any atom is -0.491 e. The van der Waals surface area contributed by atoms with Gasteiger partial charge in [-0.15, -0.1) is 0 Å². The fourth-order valence-electron chi connectivity index (χ4n) is 4.02. The Balaban J connectivity index is 1.77. The topological polar surface area (TPSA) is 42.3 Å². The minimum absolute atomic E-state index is 0.0123. The zero-order chi connectivity index (χ0) is 21.3. The van der Waals surface area contributed by atoms with Crippen LogP contribution in [-0.2, 0) is 0 Å². The van der Waals surface area contributed by atoms with Gasteiger partial charge in [-0.05, 0) is 88.4 Å². The molecule has 0 amide bonds. The van der Waals surface area contributed by atoms with E-state index in [2.05, 4.69) is 70.1 Å². The van der Waals surface area contributed by atoms with Gasteiger partial charge < -0.3 is 19.5 Å². The summed E-state index contributed by atoms with van der Waals surface area (Å²) in [6.45, 7) is 8.45. The Morgan fingerprint density at radius 1 is 1.00 bits per heavy atom. The van der Waals surface area contributed by atoms with Gasteiger partial charge in [0.2, 0.25) is 0 Å². The molecule has 3 heterocycles. The van der Waals surface area contributed by atoms with E-state index in [0.29, 0.717) is 11.2 Å². The predicted octanol–water partition coefficient (Wildman–Crippen LogP) is 5.43. The summed E-state index contributed by atoms with van der Waals surface area (Å²) in [7, 11) is 0. The van der Waals surface area contributed by atoms with E-state index in [1.54, 1.807) is 0 Å². The van der Waals surface area contributed by atoms with Crippen LogP contribution in [0.15, 0.2) is 67.0 Å². The molecule has 5 nitrogen and oxygen atoms in total. The van der Waals surface area contributed by atoms with Gasteiger partial charge in [-0.1, -0.05) is 6.07 Å². The van der Waals surface area contributed by atoms with Crippen LogP contribution in [0.5, 0.6) is 5.75 Å². The van der Waals surface area contributed by atoms with Gasteiger partial charge >= 0.3 is 0 Å². The van der Waals surface area contributed by atoms with Crippen LogP contribution in [0.25, 0.3) is 0 Å². The van der Waals surface area contributed by atoms with Gasteiger partial charge in [0.25, 0.3) is 0 Å². The van der Waals surface area contributed by atoms with Crippen molar-refractivity contribution in [2.45, 2.75) is 51.9 Å². The van der Waals surface area contributed by atoms with E-state index in [1.807, 2.05) is 44.3 Å². The number of anilines is 1. The molecule has 0 saturated carbocycles. The van der Waals surface area contributed by atoms with Gasteiger partial charge in [0.05, 0.1) is 17.8 Å². The number of rotatable bonds is 6. The molecule has 2 atom stereocenters. The van der Waals surface area contributed by atoms with E-state index in [4.69, 9.17) is 17.0 Å². The molecule has 30 heavy (non-hydrogen) atoms. The lowest BCUT2D eigenvalue weighted by molar-refractivity contribution is 0.242. The van der Waals surface area contributed by atoms with Gasteiger partial charge in [0.1, 0.15) is 11.8 Å². The summed E-state index contributed by atoms with van der Waals surface area (Å²) in [6, 6.07) is 18.7. The van der Waals surface area contributed by atoms with Crippen LogP contribution < -0.4 is 15.0 Å². The summed E-state index contributed by atoms with van der Waals surface area (Å²) in [5.74, 6) is 0.857. The minimum atomic E-state index is -0.0438. The van der Waals surface area contributed by atoms with Crippen molar-refractivity contribution in [3.63, 3.8) is 0 Å². The summed E-state index contributed by atoms with van der Waals surface area (Å²) in [5.41, 5.74) is 3.21. The molecule has 0 spiro atoms. The first-order valence-electron chi connectivity index (χ1n) is 10.4. The highest BCUT2D eigenvalue weighted by atomic mass is 32.1. The zero-order valence-electron chi connectivity index (χ0n) is 17.8. The van der Waals surface area contributed by atoms with Crippen LogP contribution in [0, 0.1) is 0 Å². The van der Waals surface area contributed by atoms with Gasteiger partial charge in [0, 0.05) is 29.8 Å². The number of hydrogen-bond donors (Lipinski definition) is 1. The summed E-state index contributed by atoms with van der Waals surface area (Å²) in [5, 5.41) is 4.22. The Hall–Kier alpha value is -2.86. The largest absolute Gasteiger partial charge is 0.491 e. The smallest absolute Gasteiger partial charge is 0.174 e. The molecule has 156 valence electrons. The lowest BCUT2D eigenvalue weighted by atomic mass is 10.0. The Labute approximate surface area is 183 Å². The highest BCUT2D eigenvalue weighted by Crippen LogP contribution is 2.42. The number of ether oxygens (including phenoxy) is 1. The molecule has 1 aliphatic heterocycles. The Morgan fingerprint density at radius 3 is 2.40 bits per heavy atom. The van der Waals surface area contributed by atoms with E-state index in [9.17, 15) is 0 Å². The number of aromatic nitrogens is 2. The average molecular weight is 421 g/mol. The predicted molar refractivity (Wildman–Crippen MR) is 125 cm³/mol. The molecule has 0 bridgehead atoms. The Bertz CT molecular complexity index is 998. The fourth-order valence-corrected chi connectivity index (χ4v) is 4.36. The van der Waals surface area contributed by atoms with Crippen LogP contribution in [0.4, 0.5) is 5.69 Å². The fraction of sp³-hybridized carbons (Fsp3) is 0.333. The number of thiocarbonyl (C=S) groups is 1. The van der Waals surface area contributed by atoms with E-state index < -0.39 is 0 Å². The van der Waals surface area contributed by atoms with E-state index in [-0.39, 0.29) is 18.2 Å². The molecule has 0 radical (unpaired) electrons. The number of hydrogen-bond acceptors (Lipinski definition) is 3. The van der Waals surface area contributed by atoms with E-state index in [1.165, 1.54) is 5.69 Å². The van der Waals surface area contributed by atoms with Crippen LogP contribution in [-0.4, -0.2) is 20.8 Å². The molecule has 1 aliphatic rings. The second kappa shape index (κ2) is 8.48. The van der Waals surface area contributed by atoms with Crippen molar-refractivity contribution in [2.75, 3.05) is 4.90 Å². The number of benzene rings is 1. The molecule has 1 saturated heterocycles. The van der Waals surface area contributed by atoms with Crippen LogP contribution in [0.3, 0.4) is 0 Å². The third kappa shape index (κ3) is 3.92. The normalized spacial score (nSPS) is 18.9. The SMILES string of the molecule is CC(C)Oc1ccc(N2C(=S)NC(c3ccccn3)C2c2cccn2C(C)C)cc1. The summed E-state index contributed by atoms with van der Waals surface area (Å²) < 4.78 is 8.12. The highest BCUT2D eigenvalue weighted by molar-refractivity contribution is 7.80. The molecular formula is C24H28N4OS. The molecule has 3 aromatic rings. The van der Waals surface area contributed by atoms with Crippen molar-refractivity contribution < 1.29 is 4.74 Å². The van der Waals surface area contributed by atoms with E-state index >= 15 is 0 Å². The first kappa shape index (κ1) is 20.4. The van der Waals surface area contributed by atoms with Crippen molar-refractivity contribution in [1.29, 1.82) is 0 Å². The third-order valence-electron chi connectivity index (χ3n) is 5.26. The van der Waals surface area contributed by atoms with Crippen LogP contribution in [0.2, 0.25) is 0 Å². The van der Waals surface area contributed by atoms with Crippen molar-refractivity contribution >= 4 is 23.0 Å². The summed E-state index contributed by atoms with van der Waals surface area (Å²) in [6.07, 6.45) is 4.11. The average Bonchev–Trinajstić information content (AvgIpc) is 3.33. The van der Waals surface area contributed by atoms with Crippen molar-refractivity contribution in [1.82, 2.24) is 14.9 Å². The molecule has 2 unspecified atom stereocenters. The lowest BCUT2D eigenvalue weighted by Gasteiger charge is -2.30. The number of nitrogens with zero attached hydrogens (tertiary/aromatic N) is 3. The molecule has 6 heteroatoms. The standard InChI is InChI=1S/C24H28N4OS/c1-16(2)27-15-7-9-21(27)23-22(20-8-5-6-14-25-20)26-24(30)28(23)18-10-12-19(13-11-18)29-17(3)4/h5-17,22-23H,1-4H3,(H,26,30). The summed E-state index contributed by atoms with van der Waals surface area (Å²) in [4.78, 5) is 6.82. The third-order valence-corrected chi connectivity index (χ3v) is 5.57. The molecular weight excluding hydrogens is 392 g/mol. The van der Waals surface area contributed by atoms with Crippen LogP contribution >= 0.6 is 12.2 Å². The quantitative estimate of drug-likeness (QED) is 0.539. The number of pyridine rings is 1. The lowest BCUT2D eigenvalue weighted by Crippen LogP contribution is -2.30. The van der Waals surface area contributed by atoms with Gasteiger partial charge in [-0.25, -0.2) is 0 Å². The maximum atomic E-state index is 5.82. The van der Waals surface area contributed by atoms with Crippen molar-refractivity contribution in [3.05, 3.63) is 78.4 Å². The highest BCUT2D eigenvalue weighted by Gasteiger charge is 2.42. The Kier molecular flexibility index (Phi) is 5.77. The van der Waals surface area contributed by atoms with Gasteiger partial charge in [0.15, 0.2) is 5.11 Å². The van der Waals surface area contributed by atoms with Gasteiger partial charge in [-0.2, -0.15) is 0 Å². The molecule has 1 N–H and O–H groups in total. The number of nitrogens with one attached hydrogen (secondary N) is 1. The zero-order valence-corrected chi connectivity index (χ0v) is 18.6. The summed E-state index contributed by atoms with van der Waals surface area (Å²) >= 11 is 5.81. The monoisotopic (exact) mass is 420 g/mol. The first-order chi connectivity index (χ1) is 14.5. The molecule has 1 fully saturated rings. The second-order valence-electron chi connectivity index (χ2n) is 8.09. The van der Waals surface area contributed by atoms with Crippen molar-refractivity contribution in [3.8, 4) is 5.75 Å². The molecule has 1 aromatic carbocycles. The first-order valence-corrected chi connectivity index (χ1v) is 10.8. The Morgan fingerprint density at radius 2 is 1.77 bits per heavy atom. The van der Waals surface area contributed by atoms with Gasteiger partial charge in [-0.3, -0.25) is 4.98 Å². The van der Waals surface area contributed by atoms with E-state index in [0.717, 1.165) is 17.1 Å². The van der Waals surface area contributed by atoms with Crippen molar-refractivity contribution in [2.24, 2.45) is 0 Å². The maximum Gasteiger partial charge on any atom is 0.174 e. The molecule has 0 aliphatic carbocycles. The molecule has 4 rings (SSSR count). The maximum absolute atomic E-state index is 5.82. The molecule has 2 aromatic heterocycles.